The summed E-state index contributed by atoms with van der Waals surface area (Å²) in [5, 5.41) is 17.7. The topological polar surface area (TPSA) is 94.8 Å². The van der Waals surface area contributed by atoms with E-state index < -0.39 is 0 Å². The van der Waals surface area contributed by atoms with E-state index in [4.69, 9.17) is 4.74 Å². The van der Waals surface area contributed by atoms with E-state index in [2.05, 4.69) is 25.8 Å². The lowest BCUT2D eigenvalue weighted by Crippen LogP contribution is -2.18. The van der Waals surface area contributed by atoms with Gasteiger partial charge in [0.15, 0.2) is 5.13 Å². The third kappa shape index (κ3) is 4.71. The fourth-order valence-corrected chi connectivity index (χ4v) is 4.18. The largest absolute Gasteiger partial charge is 0.376 e. The molecule has 3 heterocycles. The number of tetrazole rings is 1. The van der Waals surface area contributed by atoms with E-state index in [1.165, 1.54) is 23.1 Å². The first-order valence-corrected chi connectivity index (χ1v) is 10.5. The highest BCUT2D eigenvalue weighted by Gasteiger charge is 2.19. The van der Waals surface area contributed by atoms with Gasteiger partial charge < -0.3 is 10.1 Å². The Balaban J connectivity index is 1.30. The Morgan fingerprint density at radius 1 is 1.37 bits per heavy atom. The zero-order chi connectivity index (χ0) is 18.5. The molecule has 140 valence electrons. The molecule has 1 aliphatic rings. The molecule has 8 nitrogen and oxygen atoms in total. The molecule has 10 heteroatoms. The second-order valence-electron chi connectivity index (χ2n) is 6.02. The Morgan fingerprint density at radius 3 is 3.07 bits per heavy atom. The molecule has 1 aromatic carbocycles. The van der Waals surface area contributed by atoms with Gasteiger partial charge in [0.2, 0.25) is 11.1 Å². The Morgan fingerprint density at radius 2 is 2.26 bits per heavy atom. The zero-order valence-electron chi connectivity index (χ0n) is 14.4. The minimum Gasteiger partial charge on any atom is -0.376 e. The van der Waals surface area contributed by atoms with Crippen LogP contribution in [0.5, 0.6) is 0 Å². The quantitative estimate of drug-likeness (QED) is 0.607. The third-order valence-corrected chi connectivity index (χ3v) is 5.77. The number of thiazole rings is 1. The van der Waals surface area contributed by atoms with Crippen molar-refractivity contribution < 1.29 is 9.53 Å². The average Bonchev–Trinajstić information content (AvgIpc) is 3.44. The maximum Gasteiger partial charge on any atom is 0.236 e. The van der Waals surface area contributed by atoms with Crippen molar-refractivity contribution in [3.8, 4) is 11.3 Å². The smallest absolute Gasteiger partial charge is 0.236 e. The van der Waals surface area contributed by atoms with Crippen LogP contribution in [0.3, 0.4) is 0 Å². The van der Waals surface area contributed by atoms with Gasteiger partial charge in [-0.2, -0.15) is 0 Å². The monoisotopic (exact) mass is 402 g/mol. The van der Waals surface area contributed by atoms with Crippen molar-refractivity contribution in [3.05, 3.63) is 35.7 Å². The summed E-state index contributed by atoms with van der Waals surface area (Å²) in [6.07, 6.45) is 2.22. The highest BCUT2D eigenvalue weighted by molar-refractivity contribution is 7.99. The van der Waals surface area contributed by atoms with Gasteiger partial charge in [-0.15, -0.1) is 16.4 Å². The Labute approximate surface area is 164 Å². The SMILES string of the molecule is O=C(CSc1nnnn1C[C@@H]1CCCO1)Nc1nc(-c2ccccc2)cs1. The fraction of sp³-hybridized carbons (Fsp3) is 0.353. The molecule has 1 atom stereocenters. The highest BCUT2D eigenvalue weighted by Crippen LogP contribution is 2.25. The van der Waals surface area contributed by atoms with Crippen LogP contribution in [0.2, 0.25) is 0 Å². The van der Waals surface area contributed by atoms with Crippen molar-refractivity contribution in [2.45, 2.75) is 30.6 Å². The molecule has 1 saturated heterocycles. The van der Waals surface area contributed by atoms with Crippen LogP contribution in [0, 0.1) is 0 Å². The van der Waals surface area contributed by atoms with Crippen molar-refractivity contribution in [3.63, 3.8) is 0 Å². The first kappa shape index (κ1) is 18.1. The number of carbonyl (C=O) groups is 1. The van der Waals surface area contributed by atoms with Gasteiger partial charge in [0.1, 0.15) is 0 Å². The van der Waals surface area contributed by atoms with Crippen LogP contribution in [0.1, 0.15) is 12.8 Å². The summed E-state index contributed by atoms with van der Waals surface area (Å²) >= 11 is 2.71. The first-order valence-electron chi connectivity index (χ1n) is 8.59. The lowest BCUT2D eigenvalue weighted by Gasteiger charge is -2.09. The van der Waals surface area contributed by atoms with Gasteiger partial charge in [-0.3, -0.25) is 4.79 Å². The van der Waals surface area contributed by atoms with E-state index in [0.717, 1.165) is 30.7 Å². The minimum atomic E-state index is -0.138. The van der Waals surface area contributed by atoms with Crippen LogP contribution in [-0.2, 0) is 16.1 Å². The predicted molar refractivity (Wildman–Crippen MR) is 104 cm³/mol. The molecular weight excluding hydrogens is 384 g/mol. The van der Waals surface area contributed by atoms with E-state index >= 15 is 0 Å². The summed E-state index contributed by atoms with van der Waals surface area (Å²) in [5.74, 6) is 0.0761. The predicted octanol–water partition coefficient (Wildman–Crippen LogP) is 2.71. The van der Waals surface area contributed by atoms with E-state index in [0.29, 0.717) is 16.8 Å². The van der Waals surface area contributed by atoms with Gasteiger partial charge in [0, 0.05) is 17.6 Å². The zero-order valence-corrected chi connectivity index (χ0v) is 16.1. The normalized spacial score (nSPS) is 16.5. The second-order valence-corrected chi connectivity index (χ2v) is 7.82. The number of thioether (sulfide) groups is 1. The summed E-state index contributed by atoms with van der Waals surface area (Å²) < 4.78 is 7.31. The molecule has 0 saturated carbocycles. The molecule has 0 bridgehead atoms. The van der Waals surface area contributed by atoms with Crippen LogP contribution in [-0.4, -0.2) is 49.6 Å². The fourth-order valence-electron chi connectivity index (χ4n) is 2.75. The summed E-state index contributed by atoms with van der Waals surface area (Å²) in [5.41, 5.74) is 1.88. The maximum absolute atomic E-state index is 12.2. The molecular formula is C17H18N6O2S2. The number of anilines is 1. The number of carbonyl (C=O) groups excluding carboxylic acids is 1. The molecule has 0 aliphatic carbocycles. The number of nitrogens with one attached hydrogen (secondary N) is 1. The van der Waals surface area contributed by atoms with Gasteiger partial charge in [0.05, 0.1) is 24.1 Å². The van der Waals surface area contributed by atoms with Crippen molar-refractivity contribution >= 4 is 34.1 Å². The van der Waals surface area contributed by atoms with Gasteiger partial charge in [-0.1, -0.05) is 42.1 Å². The van der Waals surface area contributed by atoms with Crippen LogP contribution in [0.25, 0.3) is 11.3 Å². The molecule has 2 aromatic heterocycles. The summed E-state index contributed by atoms with van der Waals surface area (Å²) in [7, 11) is 0. The van der Waals surface area contributed by atoms with E-state index in [-0.39, 0.29) is 17.8 Å². The van der Waals surface area contributed by atoms with Gasteiger partial charge in [0.25, 0.3) is 0 Å². The molecule has 0 radical (unpaired) electrons. The number of rotatable bonds is 7. The number of hydrogen-bond acceptors (Lipinski definition) is 8. The highest BCUT2D eigenvalue weighted by atomic mass is 32.2. The molecule has 3 aromatic rings. The van der Waals surface area contributed by atoms with Crippen molar-refractivity contribution in [2.24, 2.45) is 0 Å². The van der Waals surface area contributed by atoms with Gasteiger partial charge in [-0.25, -0.2) is 9.67 Å². The van der Waals surface area contributed by atoms with E-state index in [9.17, 15) is 4.79 Å². The molecule has 27 heavy (non-hydrogen) atoms. The van der Waals surface area contributed by atoms with Gasteiger partial charge >= 0.3 is 0 Å². The van der Waals surface area contributed by atoms with Crippen LogP contribution < -0.4 is 5.32 Å². The second kappa shape index (κ2) is 8.59. The van der Waals surface area contributed by atoms with Crippen LogP contribution in [0.4, 0.5) is 5.13 Å². The first-order chi connectivity index (χ1) is 13.3. The maximum atomic E-state index is 12.2. The number of benzene rings is 1. The molecule has 1 amide bonds. The van der Waals surface area contributed by atoms with Crippen molar-refractivity contribution in [2.75, 3.05) is 17.7 Å². The van der Waals surface area contributed by atoms with Gasteiger partial charge in [-0.05, 0) is 23.3 Å². The lowest BCUT2D eigenvalue weighted by molar-refractivity contribution is -0.113. The Bertz CT molecular complexity index is 892. The Hall–Kier alpha value is -2.30. The summed E-state index contributed by atoms with van der Waals surface area (Å²) in [6.45, 7) is 1.40. The molecule has 0 unspecified atom stereocenters. The molecule has 4 rings (SSSR count). The van der Waals surface area contributed by atoms with Crippen LogP contribution in [0.15, 0.2) is 40.9 Å². The van der Waals surface area contributed by atoms with Crippen molar-refractivity contribution in [1.82, 2.24) is 25.2 Å². The number of aromatic nitrogens is 5. The molecule has 1 N–H and O–H groups in total. The summed E-state index contributed by atoms with van der Waals surface area (Å²) in [4.78, 5) is 16.7. The number of amides is 1. The minimum absolute atomic E-state index is 0.138. The Kier molecular flexibility index (Phi) is 5.75. The molecule has 1 fully saturated rings. The lowest BCUT2D eigenvalue weighted by atomic mass is 10.2. The van der Waals surface area contributed by atoms with E-state index in [1.54, 1.807) is 4.68 Å². The summed E-state index contributed by atoms with van der Waals surface area (Å²) in [6, 6.07) is 9.87. The van der Waals surface area contributed by atoms with Crippen LogP contribution >= 0.6 is 23.1 Å². The molecule has 1 aliphatic heterocycles. The number of nitrogens with zero attached hydrogens (tertiary/aromatic N) is 5. The standard InChI is InChI=1S/C17H18N6O2S2/c24-15(19-16-18-14(10-26-16)12-5-2-1-3-6-12)11-27-17-20-21-22-23(17)9-13-7-4-8-25-13/h1-3,5-6,10,13H,4,7-9,11H2,(H,18,19,24)/t13-/m0/s1. The number of ether oxygens (including phenoxy) is 1. The molecule has 0 spiro atoms. The average molecular weight is 403 g/mol. The third-order valence-electron chi connectivity index (χ3n) is 4.05. The van der Waals surface area contributed by atoms with Crippen molar-refractivity contribution in [1.29, 1.82) is 0 Å². The number of hydrogen-bond donors (Lipinski definition) is 1. The van der Waals surface area contributed by atoms with E-state index in [1.807, 2.05) is 35.7 Å².